The van der Waals surface area contributed by atoms with Crippen molar-refractivity contribution >= 4 is 52.4 Å². The number of aromatic nitrogens is 2. The lowest BCUT2D eigenvalue weighted by Crippen LogP contribution is -1.98. The molecule has 1 N–H and O–H groups in total. The van der Waals surface area contributed by atoms with E-state index in [1.54, 1.807) is 7.05 Å². The first-order chi connectivity index (χ1) is 9.01. The van der Waals surface area contributed by atoms with E-state index in [0.717, 1.165) is 0 Å². The van der Waals surface area contributed by atoms with E-state index in [4.69, 9.17) is 51.1 Å². The summed E-state index contributed by atoms with van der Waals surface area (Å²) in [6.07, 6.45) is 1.42. The summed E-state index contributed by atoms with van der Waals surface area (Å²) in [7, 11) is 1.68. The molecule has 0 aliphatic rings. The molecule has 100 valence electrons. The van der Waals surface area contributed by atoms with Gasteiger partial charge < -0.3 is 10.1 Å². The van der Waals surface area contributed by atoms with Gasteiger partial charge in [0.05, 0.1) is 21.3 Å². The van der Waals surface area contributed by atoms with Crippen LogP contribution in [0.2, 0.25) is 20.1 Å². The van der Waals surface area contributed by atoms with Crippen molar-refractivity contribution < 1.29 is 4.74 Å². The third kappa shape index (κ3) is 3.34. The molecule has 1 aromatic heterocycles. The van der Waals surface area contributed by atoms with Crippen LogP contribution in [-0.2, 0) is 0 Å². The quantitative estimate of drug-likeness (QED) is 0.806. The Morgan fingerprint density at radius 2 is 1.68 bits per heavy atom. The molecule has 0 aliphatic carbocycles. The number of nitrogens with one attached hydrogen (secondary N) is 1. The van der Waals surface area contributed by atoms with E-state index in [1.165, 1.54) is 18.3 Å². The Balaban J connectivity index is 2.38. The highest BCUT2D eigenvalue weighted by atomic mass is 35.5. The van der Waals surface area contributed by atoms with Gasteiger partial charge in [0.25, 0.3) is 0 Å². The van der Waals surface area contributed by atoms with Gasteiger partial charge in [0.1, 0.15) is 10.8 Å². The summed E-state index contributed by atoms with van der Waals surface area (Å²) < 4.78 is 5.52. The van der Waals surface area contributed by atoms with Crippen molar-refractivity contribution in [2.24, 2.45) is 0 Å². The first kappa shape index (κ1) is 14.5. The first-order valence-corrected chi connectivity index (χ1v) is 6.55. The van der Waals surface area contributed by atoms with Crippen molar-refractivity contribution in [2.45, 2.75) is 0 Å². The molecule has 0 saturated heterocycles. The van der Waals surface area contributed by atoms with E-state index in [0.29, 0.717) is 26.8 Å². The van der Waals surface area contributed by atoms with E-state index in [9.17, 15) is 0 Å². The number of nitrogens with zero attached hydrogens (tertiary/aromatic N) is 2. The van der Waals surface area contributed by atoms with Crippen molar-refractivity contribution in [2.75, 3.05) is 12.4 Å². The van der Waals surface area contributed by atoms with Crippen LogP contribution in [0.15, 0.2) is 18.3 Å². The Hall–Kier alpha value is -0.940. The van der Waals surface area contributed by atoms with Crippen LogP contribution in [0, 0.1) is 0 Å². The average molecular weight is 339 g/mol. The van der Waals surface area contributed by atoms with Gasteiger partial charge in [0, 0.05) is 13.1 Å². The van der Waals surface area contributed by atoms with Crippen molar-refractivity contribution in [3.63, 3.8) is 0 Å². The monoisotopic (exact) mass is 337 g/mol. The molecule has 0 aliphatic heterocycles. The first-order valence-electron chi connectivity index (χ1n) is 5.04. The zero-order valence-corrected chi connectivity index (χ0v) is 12.6. The minimum Gasteiger partial charge on any atom is -0.436 e. The standard InChI is InChI=1S/C11H7Cl4N3O/c1-16-11-17-4-8(15)10(18-11)19-9-3-6(13)5(12)2-7(9)14/h2-4H,1H3,(H,16,17,18). The molecule has 1 heterocycles. The average Bonchev–Trinajstić information content (AvgIpc) is 2.38. The third-order valence-corrected chi connectivity index (χ3v) is 3.39. The smallest absolute Gasteiger partial charge is 0.243 e. The predicted molar refractivity (Wildman–Crippen MR) is 78.1 cm³/mol. The molecule has 2 rings (SSSR count). The summed E-state index contributed by atoms with van der Waals surface area (Å²) in [5, 5.41) is 3.98. The second-order valence-corrected chi connectivity index (χ2v) is 5.02. The Bertz CT molecular complexity index is 621. The molecule has 0 unspecified atom stereocenters. The Labute approximate surface area is 129 Å². The number of anilines is 1. The molecule has 8 heteroatoms. The predicted octanol–water partition coefficient (Wildman–Crippen LogP) is 4.92. The maximum atomic E-state index is 6.01. The normalized spacial score (nSPS) is 10.4. The zero-order chi connectivity index (χ0) is 14.0. The molecule has 19 heavy (non-hydrogen) atoms. The lowest BCUT2D eigenvalue weighted by atomic mass is 10.3. The lowest BCUT2D eigenvalue weighted by molar-refractivity contribution is 0.463. The summed E-state index contributed by atoms with van der Waals surface area (Å²) in [6, 6.07) is 2.97. The molecule has 0 amide bonds. The summed E-state index contributed by atoms with van der Waals surface area (Å²) in [6.45, 7) is 0. The molecule has 0 radical (unpaired) electrons. The van der Waals surface area contributed by atoms with Crippen molar-refractivity contribution in [3.05, 3.63) is 38.4 Å². The maximum absolute atomic E-state index is 6.01. The molecule has 2 aromatic rings. The fourth-order valence-corrected chi connectivity index (χ4v) is 1.94. The van der Waals surface area contributed by atoms with E-state index >= 15 is 0 Å². The van der Waals surface area contributed by atoms with Gasteiger partial charge in [-0.15, -0.1) is 0 Å². The molecule has 0 saturated carbocycles. The van der Waals surface area contributed by atoms with Crippen molar-refractivity contribution in [3.8, 4) is 11.6 Å². The molecule has 0 spiro atoms. The van der Waals surface area contributed by atoms with Crippen LogP contribution in [0.3, 0.4) is 0 Å². The van der Waals surface area contributed by atoms with Crippen LogP contribution in [0.25, 0.3) is 0 Å². The van der Waals surface area contributed by atoms with Crippen LogP contribution in [0.4, 0.5) is 5.95 Å². The van der Waals surface area contributed by atoms with Gasteiger partial charge in [-0.25, -0.2) is 4.98 Å². The molecule has 0 atom stereocenters. The second kappa shape index (κ2) is 6.01. The highest BCUT2D eigenvalue weighted by Gasteiger charge is 2.12. The second-order valence-electron chi connectivity index (χ2n) is 3.40. The van der Waals surface area contributed by atoms with E-state index in [-0.39, 0.29) is 10.9 Å². The van der Waals surface area contributed by atoms with Gasteiger partial charge in [0.2, 0.25) is 11.8 Å². The van der Waals surface area contributed by atoms with Gasteiger partial charge in [-0.05, 0) is 6.07 Å². The summed E-state index contributed by atoms with van der Waals surface area (Å²) >= 11 is 23.7. The largest absolute Gasteiger partial charge is 0.436 e. The summed E-state index contributed by atoms with van der Waals surface area (Å²) in [5.41, 5.74) is 0. The van der Waals surface area contributed by atoms with E-state index < -0.39 is 0 Å². The van der Waals surface area contributed by atoms with Gasteiger partial charge in [-0.3, -0.25) is 0 Å². The molecule has 4 nitrogen and oxygen atoms in total. The molecular weight excluding hydrogens is 332 g/mol. The van der Waals surface area contributed by atoms with Crippen LogP contribution in [0.1, 0.15) is 0 Å². The number of ether oxygens (including phenoxy) is 1. The van der Waals surface area contributed by atoms with Crippen molar-refractivity contribution in [1.82, 2.24) is 9.97 Å². The maximum Gasteiger partial charge on any atom is 0.243 e. The molecular formula is C11H7Cl4N3O. The van der Waals surface area contributed by atoms with Crippen LogP contribution >= 0.6 is 46.4 Å². The molecule has 1 aromatic carbocycles. The minimum atomic E-state index is 0.168. The lowest BCUT2D eigenvalue weighted by Gasteiger charge is -2.10. The van der Waals surface area contributed by atoms with Gasteiger partial charge >= 0.3 is 0 Å². The highest BCUT2D eigenvalue weighted by molar-refractivity contribution is 6.43. The van der Waals surface area contributed by atoms with Crippen LogP contribution in [-0.4, -0.2) is 17.0 Å². The van der Waals surface area contributed by atoms with Crippen LogP contribution in [0.5, 0.6) is 11.6 Å². The minimum absolute atomic E-state index is 0.168. The molecule has 0 bridgehead atoms. The van der Waals surface area contributed by atoms with Crippen molar-refractivity contribution in [1.29, 1.82) is 0 Å². The summed E-state index contributed by atoms with van der Waals surface area (Å²) in [4.78, 5) is 8.01. The number of rotatable bonds is 3. The molecule has 0 fully saturated rings. The van der Waals surface area contributed by atoms with Gasteiger partial charge in [-0.1, -0.05) is 46.4 Å². The van der Waals surface area contributed by atoms with E-state index in [1.807, 2.05) is 0 Å². The third-order valence-electron chi connectivity index (χ3n) is 2.12. The Kier molecular flexibility index (Phi) is 4.58. The number of hydrogen-bond acceptors (Lipinski definition) is 4. The topological polar surface area (TPSA) is 47.0 Å². The van der Waals surface area contributed by atoms with Gasteiger partial charge in [0.15, 0.2) is 0 Å². The fourth-order valence-electron chi connectivity index (χ4n) is 1.23. The number of halogens is 4. The SMILES string of the molecule is CNc1ncc(Cl)c(Oc2cc(Cl)c(Cl)cc2Cl)n1. The van der Waals surface area contributed by atoms with E-state index in [2.05, 4.69) is 15.3 Å². The fraction of sp³-hybridized carbons (Fsp3) is 0.0909. The number of hydrogen-bond donors (Lipinski definition) is 1. The van der Waals surface area contributed by atoms with Gasteiger partial charge in [-0.2, -0.15) is 4.98 Å². The zero-order valence-electron chi connectivity index (χ0n) is 9.55. The van der Waals surface area contributed by atoms with Crippen LogP contribution < -0.4 is 10.1 Å². The Morgan fingerprint density at radius 1 is 1.00 bits per heavy atom. The Morgan fingerprint density at radius 3 is 2.37 bits per heavy atom. The highest BCUT2D eigenvalue weighted by Crippen LogP contribution is 2.37. The summed E-state index contributed by atoms with van der Waals surface area (Å²) in [5.74, 6) is 0.843. The number of benzene rings is 1.